The van der Waals surface area contributed by atoms with Gasteiger partial charge in [-0.3, -0.25) is 13.8 Å². The number of amides is 1. The fourth-order valence-corrected chi connectivity index (χ4v) is 4.33. The molecular formula is C25H31ClN2O6S. The third kappa shape index (κ3) is 7.52. The van der Waals surface area contributed by atoms with E-state index in [9.17, 15) is 13.2 Å². The maximum absolute atomic E-state index is 12.5. The van der Waals surface area contributed by atoms with Gasteiger partial charge < -0.3 is 9.64 Å². The highest BCUT2D eigenvalue weighted by Gasteiger charge is 2.35. The zero-order chi connectivity index (χ0) is 25.6. The quantitative estimate of drug-likeness (QED) is 0.199. The molecule has 0 N–H and O–H groups in total. The van der Waals surface area contributed by atoms with Crippen LogP contribution in [0.15, 0.2) is 65.8 Å². The second kappa shape index (κ2) is 11.5. The number of halogens is 1. The molecule has 10 heteroatoms. The lowest BCUT2D eigenvalue weighted by atomic mass is 10.1. The van der Waals surface area contributed by atoms with Gasteiger partial charge in [-0.15, -0.1) is 0 Å². The van der Waals surface area contributed by atoms with Crippen LogP contribution in [0, 0.1) is 6.92 Å². The zero-order valence-corrected chi connectivity index (χ0v) is 21.9. The van der Waals surface area contributed by atoms with Crippen molar-refractivity contribution in [3.63, 3.8) is 0 Å². The maximum Gasteiger partial charge on any atom is 0.297 e. The molecule has 8 nitrogen and oxygen atoms in total. The Morgan fingerprint density at radius 3 is 2.11 bits per heavy atom. The summed E-state index contributed by atoms with van der Waals surface area (Å²) in [5.74, 6) is -0.246. The Morgan fingerprint density at radius 1 is 0.914 bits per heavy atom. The normalized spacial score (nSPS) is 16.7. The molecule has 1 aliphatic rings. The third-order valence-corrected chi connectivity index (χ3v) is 6.90. The number of hydroxylamine groups is 2. The average molecular weight is 523 g/mol. The predicted molar refractivity (Wildman–Crippen MR) is 132 cm³/mol. The van der Waals surface area contributed by atoms with Gasteiger partial charge in [0.25, 0.3) is 16.0 Å². The molecule has 1 unspecified atom stereocenters. The Morgan fingerprint density at radius 2 is 1.51 bits per heavy atom. The van der Waals surface area contributed by atoms with E-state index in [1.165, 1.54) is 17.2 Å². The van der Waals surface area contributed by atoms with Crippen LogP contribution >= 0.6 is 11.6 Å². The molecule has 0 bridgehead atoms. The number of aryl methyl sites for hydroxylation is 1. The number of ether oxygens (including phenoxy) is 1. The van der Waals surface area contributed by atoms with Gasteiger partial charge in [-0.25, -0.2) is 5.06 Å². The first kappa shape index (κ1) is 27.2. The highest BCUT2D eigenvalue weighted by Crippen LogP contribution is 2.24. The van der Waals surface area contributed by atoms with Crippen LogP contribution in [-0.2, 0) is 41.9 Å². The minimum atomic E-state index is -3.80. The average Bonchev–Trinajstić information content (AvgIpc) is 2.80. The summed E-state index contributed by atoms with van der Waals surface area (Å²) in [7, 11) is -3.80. The Kier molecular flexibility index (Phi) is 8.95. The first-order chi connectivity index (χ1) is 16.5. The van der Waals surface area contributed by atoms with Crippen LogP contribution in [0.5, 0.6) is 0 Å². The Bertz CT molecular complexity index is 1130. The van der Waals surface area contributed by atoms with Crippen molar-refractivity contribution in [3.05, 3.63) is 77.6 Å². The molecule has 0 aromatic heterocycles. The first-order valence-electron chi connectivity index (χ1n) is 11.2. The number of nitrogens with zero attached hydrogens (tertiary/aromatic N) is 2. The summed E-state index contributed by atoms with van der Waals surface area (Å²) in [6.07, 6.45) is 3.31. The van der Waals surface area contributed by atoms with Crippen molar-refractivity contribution < 1.29 is 27.0 Å². The molecule has 1 amide bonds. The molecule has 0 aliphatic carbocycles. The van der Waals surface area contributed by atoms with Crippen LogP contribution in [0.2, 0.25) is 0 Å². The molecular weight excluding hydrogens is 492 g/mol. The summed E-state index contributed by atoms with van der Waals surface area (Å²) >= 11 is 6.27. The van der Waals surface area contributed by atoms with Gasteiger partial charge in [-0.05, 0) is 51.0 Å². The maximum atomic E-state index is 12.5. The van der Waals surface area contributed by atoms with Gasteiger partial charge in [0.2, 0.25) is 5.50 Å². The number of hydrogen-bond acceptors (Lipinski definition) is 7. The van der Waals surface area contributed by atoms with Crippen LogP contribution in [0.4, 0.5) is 0 Å². The molecule has 0 saturated carbocycles. The molecule has 1 heterocycles. The van der Waals surface area contributed by atoms with E-state index in [1.807, 2.05) is 52.0 Å². The van der Waals surface area contributed by atoms with E-state index < -0.39 is 15.6 Å². The van der Waals surface area contributed by atoms with Crippen molar-refractivity contribution in [2.24, 2.45) is 0 Å². The lowest BCUT2D eigenvalue weighted by Gasteiger charge is -2.39. The summed E-state index contributed by atoms with van der Waals surface area (Å²) in [4.78, 5) is 19.9. The van der Waals surface area contributed by atoms with Gasteiger partial charge in [0.15, 0.2) is 0 Å². The SMILES string of the molecule is Cc1ccc(S(=O)(=O)OCCOCc2ccc(CON3C=CN(C(C)(C)C)C(=O)C3Cl)cc2)cc1. The summed E-state index contributed by atoms with van der Waals surface area (Å²) in [5, 5.41) is 1.34. The van der Waals surface area contributed by atoms with Crippen LogP contribution in [0.1, 0.15) is 37.5 Å². The van der Waals surface area contributed by atoms with E-state index in [0.717, 1.165) is 16.7 Å². The van der Waals surface area contributed by atoms with Crippen molar-refractivity contribution in [2.45, 2.75) is 56.8 Å². The zero-order valence-electron chi connectivity index (χ0n) is 20.3. The van der Waals surface area contributed by atoms with Gasteiger partial charge in [-0.1, -0.05) is 53.6 Å². The largest absolute Gasteiger partial charge is 0.374 e. The Balaban J connectivity index is 1.40. The van der Waals surface area contributed by atoms with Gasteiger partial charge in [0.1, 0.15) is 0 Å². The number of rotatable bonds is 10. The van der Waals surface area contributed by atoms with E-state index in [1.54, 1.807) is 29.4 Å². The van der Waals surface area contributed by atoms with Gasteiger partial charge in [-0.2, -0.15) is 8.42 Å². The van der Waals surface area contributed by atoms with Crippen LogP contribution in [0.3, 0.4) is 0 Å². The number of benzene rings is 2. The highest BCUT2D eigenvalue weighted by atomic mass is 35.5. The number of alkyl halides is 1. The summed E-state index contributed by atoms with van der Waals surface area (Å²) in [6, 6.07) is 14.0. The number of carbonyl (C=O) groups is 1. The summed E-state index contributed by atoms with van der Waals surface area (Å²) in [5.41, 5.74) is 1.47. The number of hydrogen-bond donors (Lipinski definition) is 0. The molecule has 2 aromatic rings. The molecule has 0 radical (unpaired) electrons. The van der Waals surface area contributed by atoms with Crippen molar-refractivity contribution in [2.75, 3.05) is 13.2 Å². The topological polar surface area (TPSA) is 85.4 Å². The molecule has 0 saturated heterocycles. The smallest absolute Gasteiger partial charge is 0.297 e. The Hall–Kier alpha value is -2.43. The van der Waals surface area contributed by atoms with Crippen molar-refractivity contribution >= 4 is 27.6 Å². The Labute approximate surface area is 212 Å². The fourth-order valence-electron chi connectivity index (χ4n) is 3.21. The second-order valence-electron chi connectivity index (χ2n) is 9.10. The third-order valence-electron chi connectivity index (χ3n) is 5.20. The van der Waals surface area contributed by atoms with Crippen molar-refractivity contribution in [1.82, 2.24) is 9.96 Å². The molecule has 35 heavy (non-hydrogen) atoms. The first-order valence-corrected chi connectivity index (χ1v) is 13.0. The highest BCUT2D eigenvalue weighted by molar-refractivity contribution is 7.86. The summed E-state index contributed by atoms with van der Waals surface area (Å²) in [6.45, 7) is 8.29. The monoisotopic (exact) mass is 522 g/mol. The van der Waals surface area contributed by atoms with Crippen LogP contribution in [-0.4, -0.2) is 48.5 Å². The van der Waals surface area contributed by atoms with Crippen molar-refractivity contribution in [3.8, 4) is 0 Å². The lowest BCUT2D eigenvalue weighted by molar-refractivity contribution is -0.171. The standard InChI is InChI=1S/C25H31ClN2O6S/c1-19-5-11-22(12-6-19)35(30,31)34-16-15-32-17-20-7-9-21(10-8-20)18-33-28-14-13-27(25(2,3)4)24(29)23(28)26/h5-14,23H,15-18H2,1-4H3. The molecule has 1 atom stereocenters. The summed E-state index contributed by atoms with van der Waals surface area (Å²) < 4.78 is 34.9. The van der Waals surface area contributed by atoms with E-state index in [0.29, 0.717) is 6.61 Å². The molecule has 0 spiro atoms. The van der Waals surface area contributed by atoms with Gasteiger partial charge >= 0.3 is 0 Å². The van der Waals surface area contributed by atoms with Crippen molar-refractivity contribution in [1.29, 1.82) is 0 Å². The minimum Gasteiger partial charge on any atom is -0.374 e. The molecule has 2 aromatic carbocycles. The van der Waals surface area contributed by atoms with E-state index in [2.05, 4.69) is 0 Å². The lowest BCUT2D eigenvalue weighted by Crippen LogP contribution is -2.52. The molecule has 0 fully saturated rings. The van der Waals surface area contributed by atoms with Gasteiger partial charge in [0.05, 0.1) is 31.3 Å². The molecule has 3 rings (SSSR count). The fraction of sp³-hybridized carbons (Fsp3) is 0.400. The van der Waals surface area contributed by atoms with Gasteiger partial charge in [0, 0.05) is 17.9 Å². The predicted octanol–water partition coefficient (Wildman–Crippen LogP) is 4.33. The number of carbonyl (C=O) groups excluding carboxylic acids is 1. The van der Waals surface area contributed by atoms with Crippen LogP contribution < -0.4 is 0 Å². The second-order valence-corrected chi connectivity index (χ2v) is 11.1. The molecule has 1 aliphatic heterocycles. The van der Waals surface area contributed by atoms with E-state index in [4.69, 9.17) is 25.4 Å². The van der Waals surface area contributed by atoms with E-state index in [-0.39, 0.29) is 36.2 Å². The van der Waals surface area contributed by atoms with E-state index >= 15 is 0 Å². The van der Waals surface area contributed by atoms with Crippen LogP contribution in [0.25, 0.3) is 0 Å². The minimum absolute atomic E-state index is 0.0730. The molecule has 190 valence electrons.